The Morgan fingerprint density at radius 3 is 2.79 bits per heavy atom. The zero-order valence-electron chi connectivity index (χ0n) is 14.8. The second-order valence-corrected chi connectivity index (χ2v) is 8.74. The maximum absolute atomic E-state index is 12.9. The molecule has 0 amide bonds. The van der Waals surface area contributed by atoms with Gasteiger partial charge in [-0.25, -0.2) is 9.67 Å². The van der Waals surface area contributed by atoms with Gasteiger partial charge in [-0.15, -0.1) is 0 Å². The molecule has 1 aromatic heterocycles. The van der Waals surface area contributed by atoms with Crippen LogP contribution in [0.2, 0.25) is 0 Å². The number of ether oxygens (including phenoxy) is 1. The van der Waals surface area contributed by atoms with Crippen LogP contribution in [0.5, 0.6) is 0 Å². The molecule has 0 aliphatic carbocycles. The Morgan fingerprint density at radius 1 is 1.33 bits per heavy atom. The molecule has 1 fully saturated rings. The molecular formula is C15H27N5O3S. The number of fused-ring (bicyclic) bond motifs is 1. The first-order valence-electron chi connectivity index (χ1n) is 8.63. The number of morpholine rings is 1. The molecule has 3 rings (SSSR count). The summed E-state index contributed by atoms with van der Waals surface area (Å²) in [4.78, 5) is 4.58. The average Bonchev–Trinajstić information content (AvgIpc) is 2.95. The molecule has 0 saturated carbocycles. The SMILES string of the molecule is CC(C)c1nc2n(n1)CCC[C@@H]2NS(=O)(=O)N1C[C@@H](C)OC[C@@H]1C. The van der Waals surface area contributed by atoms with Crippen LogP contribution in [0.25, 0.3) is 0 Å². The molecule has 2 aliphatic heterocycles. The number of nitrogens with one attached hydrogen (secondary N) is 1. The van der Waals surface area contributed by atoms with Crippen LogP contribution in [0, 0.1) is 0 Å². The van der Waals surface area contributed by atoms with Crippen molar-refractivity contribution in [2.24, 2.45) is 0 Å². The quantitative estimate of drug-likeness (QED) is 0.874. The highest BCUT2D eigenvalue weighted by Crippen LogP contribution is 2.27. The van der Waals surface area contributed by atoms with Crippen molar-refractivity contribution in [2.75, 3.05) is 13.2 Å². The van der Waals surface area contributed by atoms with Crippen LogP contribution in [0.1, 0.15) is 64.1 Å². The predicted molar refractivity (Wildman–Crippen MR) is 89.7 cm³/mol. The molecule has 1 aromatic rings. The second-order valence-electron chi connectivity index (χ2n) is 7.09. The smallest absolute Gasteiger partial charge is 0.280 e. The summed E-state index contributed by atoms with van der Waals surface area (Å²) in [6.45, 7) is 9.41. The van der Waals surface area contributed by atoms with Gasteiger partial charge in [0.15, 0.2) is 5.82 Å². The Kier molecular flexibility index (Phi) is 4.96. The summed E-state index contributed by atoms with van der Waals surface area (Å²) < 4.78 is 37.4. The Labute approximate surface area is 143 Å². The Hall–Kier alpha value is -1.03. The fourth-order valence-corrected chi connectivity index (χ4v) is 4.84. The van der Waals surface area contributed by atoms with E-state index in [2.05, 4.69) is 14.8 Å². The van der Waals surface area contributed by atoms with Gasteiger partial charge in [-0.3, -0.25) is 0 Å². The molecule has 0 unspecified atom stereocenters. The van der Waals surface area contributed by atoms with Gasteiger partial charge in [0.2, 0.25) is 0 Å². The van der Waals surface area contributed by atoms with E-state index in [0.717, 1.165) is 31.0 Å². The Bertz CT molecular complexity index is 687. The van der Waals surface area contributed by atoms with Gasteiger partial charge in [-0.1, -0.05) is 13.8 Å². The van der Waals surface area contributed by atoms with Gasteiger partial charge in [0.1, 0.15) is 5.82 Å². The topological polar surface area (TPSA) is 89.3 Å². The maximum atomic E-state index is 12.9. The molecule has 2 aliphatic rings. The largest absolute Gasteiger partial charge is 0.375 e. The minimum Gasteiger partial charge on any atom is -0.375 e. The summed E-state index contributed by atoms with van der Waals surface area (Å²) in [6.07, 6.45) is 1.53. The highest BCUT2D eigenvalue weighted by atomic mass is 32.2. The first-order chi connectivity index (χ1) is 11.3. The van der Waals surface area contributed by atoms with Crippen LogP contribution < -0.4 is 4.72 Å². The summed E-state index contributed by atoms with van der Waals surface area (Å²) in [7, 11) is -3.60. The van der Waals surface area contributed by atoms with Crippen molar-refractivity contribution in [3.63, 3.8) is 0 Å². The number of rotatable bonds is 4. The highest BCUT2D eigenvalue weighted by molar-refractivity contribution is 7.87. The van der Waals surface area contributed by atoms with Crippen LogP contribution in [0.15, 0.2) is 0 Å². The van der Waals surface area contributed by atoms with Gasteiger partial charge in [0, 0.05) is 25.0 Å². The minimum absolute atomic E-state index is 0.0969. The van der Waals surface area contributed by atoms with Crippen molar-refractivity contribution in [3.05, 3.63) is 11.6 Å². The fourth-order valence-electron chi connectivity index (χ4n) is 3.18. The Balaban J connectivity index is 1.81. The van der Waals surface area contributed by atoms with Crippen LogP contribution >= 0.6 is 0 Å². The molecular weight excluding hydrogens is 330 g/mol. The van der Waals surface area contributed by atoms with Crippen molar-refractivity contribution in [3.8, 4) is 0 Å². The highest BCUT2D eigenvalue weighted by Gasteiger charge is 2.36. The zero-order chi connectivity index (χ0) is 17.5. The van der Waals surface area contributed by atoms with E-state index in [1.165, 1.54) is 4.31 Å². The van der Waals surface area contributed by atoms with Crippen molar-refractivity contribution in [1.82, 2.24) is 23.8 Å². The van der Waals surface area contributed by atoms with Crippen molar-refractivity contribution in [1.29, 1.82) is 0 Å². The van der Waals surface area contributed by atoms with Gasteiger partial charge in [-0.05, 0) is 26.7 Å². The summed E-state index contributed by atoms with van der Waals surface area (Å²) in [5.41, 5.74) is 0. The second kappa shape index (κ2) is 6.70. The number of nitrogens with zero attached hydrogens (tertiary/aromatic N) is 4. The lowest BCUT2D eigenvalue weighted by Gasteiger charge is -2.36. The van der Waals surface area contributed by atoms with Gasteiger partial charge in [-0.2, -0.15) is 22.5 Å². The van der Waals surface area contributed by atoms with E-state index >= 15 is 0 Å². The van der Waals surface area contributed by atoms with E-state index < -0.39 is 10.2 Å². The van der Waals surface area contributed by atoms with E-state index in [-0.39, 0.29) is 24.1 Å². The van der Waals surface area contributed by atoms with Crippen molar-refractivity contribution < 1.29 is 13.2 Å². The molecule has 136 valence electrons. The zero-order valence-corrected chi connectivity index (χ0v) is 15.6. The third kappa shape index (κ3) is 3.49. The lowest BCUT2D eigenvalue weighted by molar-refractivity contribution is -0.0176. The Morgan fingerprint density at radius 2 is 2.08 bits per heavy atom. The van der Waals surface area contributed by atoms with Gasteiger partial charge in [0.25, 0.3) is 10.2 Å². The van der Waals surface area contributed by atoms with Gasteiger partial charge in [0.05, 0.1) is 18.8 Å². The lowest BCUT2D eigenvalue weighted by atomic mass is 10.1. The van der Waals surface area contributed by atoms with Crippen LogP contribution in [-0.4, -0.2) is 52.8 Å². The van der Waals surface area contributed by atoms with E-state index in [9.17, 15) is 8.42 Å². The van der Waals surface area contributed by atoms with Crippen LogP contribution in [-0.2, 0) is 21.5 Å². The molecule has 3 heterocycles. The number of aryl methyl sites for hydroxylation is 1. The van der Waals surface area contributed by atoms with E-state index in [1.54, 1.807) is 0 Å². The fraction of sp³-hybridized carbons (Fsp3) is 0.867. The number of hydrogen-bond donors (Lipinski definition) is 1. The molecule has 9 heteroatoms. The molecule has 1 N–H and O–H groups in total. The van der Waals surface area contributed by atoms with Crippen molar-refractivity contribution >= 4 is 10.2 Å². The summed E-state index contributed by atoms with van der Waals surface area (Å²) in [6, 6.07) is -0.500. The summed E-state index contributed by atoms with van der Waals surface area (Å²) in [5, 5.41) is 4.51. The standard InChI is InChI=1S/C15H27N5O3S/c1-10(2)14-16-15-13(6-5-7-19(15)17-14)18-24(21,22)20-8-12(4)23-9-11(20)3/h10-13,18H,5-9H2,1-4H3/t11-,12+,13-/m0/s1. The van der Waals surface area contributed by atoms with Gasteiger partial charge >= 0.3 is 0 Å². The number of hydrogen-bond acceptors (Lipinski definition) is 5. The molecule has 3 atom stereocenters. The third-order valence-corrected chi connectivity index (χ3v) is 6.27. The normalized spacial score (nSPS) is 29.0. The molecule has 0 spiro atoms. The molecule has 0 radical (unpaired) electrons. The minimum atomic E-state index is -3.60. The summed E-state index contributed by atoms with van der Waals surface area (Å²) in [5.74, 6) is 1.72. The first kappa shape index (κ1) is 17.8. The molecule has 1 saturated heterocycles. The van der Waals surface area contributed by atoms with Crippen LogP contribution in [0.4, 0.5) is 0 Å². The molecule has 0 bridgehead atoms. The molecule has 8 nitrogen and oxygen atoms in total. The van der Waals surface area contributed by atoms with Crippen molar-refractivity contribution in [2.45, 2.75) is 71.2 Å². The molecule has 24 heavy (non-hydrogen) atoms. The number of aromatic nitrogens is 3. The third-order valence-electron chi connectivity index (χ3n) is 4.56. The predicted octanol–water partition coefficient (Wildman–Crippen LogP) is 1.18. The summed E-state index contributed by atoms with van der Waals surface area (Å²) >= 11 is 0. The first-order valence-corrected chi connectivity index (χ1v) is 10.1. The average molecular weight is 357 g/mol. The van der Waals surface area contributed by atoms with E-state index in [1.807, 2.05) is 32.4 Å². The van der Waals surface area contributed by atoms with Gasteiger partial charge < -0.3 is 4.74 Å². The molecule has 0 aromatic carbocycles. The lowest BCUT2D eigenvalue weighted by Crippen LogP contribution is -2.54. The van der Waals surface area contributed by atoms with E-state index in [4.69, 9.17) is 4.74 Å². The van der Waals surface area contributed by atoms with Crippen LogP contribution in [0.3, 0.4) is 0 Å². The maximum Gasteiger partial charge on any atom is 0.280 e. The van der Waals surface area contributed by atoms with E-state index in [0.29, 0.717) is 13.2 Å². The monoisotopic (exact) mass is 357 g/mol.